The summed E-state index contributed by atoms with van der Waals surface area (Å²) in [6, 6.07) is 15.5. The van der Waals surface area contributed by atoms with E-state index < -0.39 is 5.41 Å². The second-order valence-electron chi connectivity index (χ2n) is 5.85. The highest BCUT2D eigenvalue weighted by Gasteiger charge is 2.15. The standard InChI is InChI=1S/C20H18ClO3Si/c1-13(2)24-19-9-8-15(10-14-6-4-3-5-7-14)11-16(19)18(22)12-17(21)20(23)25/h3-9,11-13H,10H2,1-2H3/b17-12-. The van der Waals surface area contributed by atoms with E-state index in [0.29, 0.717) is 17.7 Å². The van der Waals surface area contributed by atoms with Gasteiger partial charge in [0.25, 0.3) is 0 Å². The van der Waals surface area contributed by atoms with Gasteiger partial charge in [0.15, 0.2) is 5.78 Å². The van der Waals surface area contributed by atoms with Crippen LogP contribution in [0.25, 0.3) is 0 Å². The first-order valence-electron chi connectivity index (χ1n) is 7.87. The molecule has 0 saturated carbocycles. The van der Waals surface area contributed by atoms with Crippen molar-refractivity contribution in [2.45, 2.75) is 26.4 Å². The number of ether oxygens (including phenoxy) is 1. The van der Waals surface area contributed by atoms with E-state index in [-0.39, 0.29) is 16.9 Å². The Morgan fingerprint density at radius 1 is 1.12 bits per heavy atom. The van der Waals surface area contributed by atoms with E-state index in [9.17, 15) is 9.59 Å². The highest BCUT2D eigenvalue weighted by Crippen LogP contribution is 2.24. The molecule has 0 bridgehead atoms. The van der Waals surface area contributed by atoms with Crippen molar-refractivity contribution < 1.29 is 14.3 Å². The maximum absolute atomic E-state index is 12.6. The number of rotatable bonds is 7. The Balaban J connectivity index is 2.38. The molecule has 0 amide bonds. The molecule has 0 atom stereocenters. The molecule has 5 heteroatoms. The Labute approximate surface area is 156 Å². The largest absolute Gasteiger partial charge is 0.490 e. The molecule has 0 aliphatic rings. The summed E-state index contributed by atoms with van der Waals surface area (Å²) in [5.41, 5.74) is 2.50. The summed E-state index contributed by atoms with van der Waals surface area (Å²) in [5, 5.41) is -0.715. The van der Waals surface area contributed by atoms with Crippen LogP contribution < -0.4 is 4.74 Å². The fraction of sp³-hybridized carbons (Fsp3) is 0.200. The van der Waals surface area contributed by atoms with Crippen molar-refractivity contribution in [3.8, 4) is 5.75 Å². The molecule has 0 spiro atoms. The van der Waals surface area contributed by atoms with Crippen LogP contribution >= 0.6 is 11.6 Å². The second kappa shape index (κ2) is 8.79. The van der Waals surface area contributed by atoms with Crippen LogP contribution in [0, 0.1) is 0 Å². The third kappa shape index (κ3) is 5.69. The van der Waals surface area contributed by atoms with Crippen LogP contribution in [0.15, 0.2) is 59.6 Å². The quantitative estimate of drug-likeness (QED) is 0.420. The minimum atomic E-state index is -0.540. The minimum absolute atomic E-state index is 0.0802. The molecule has 127 valence electrons. The van der Waals surface area contributed by atoms with Gasteiger partial charge in [-0.1, -0.05) is 48.0 Å². The van der Waals surface area contributed by atoms with Gasteiger partial charge in [-0.15, -0.1) is 0 Å². The maximum atomic E-state index is 12.6. The topological polar surface area (TPSA) is 43.4 Å². The first kappa shape index (κ1) is 19.2. The molecule has 3 nitrogen and oxygen atoms in total. The summed E-state index contributed by atoms with van der Waals surface area (Å²) in [5.74, 6) is 0.0982. The maximum Gasteiger partial charge on any atom is 0.191 e. The van der Waals surface area contributed by atoms with Gasteiger partial charge in [-0.25, -0.2) is 0 Å². The van der Waals surface area contributed by atoms with Gasteiger partial charge < -0.3 is 9.53 Å². The third-order valence-electron chi connectivity index (χ3n) is 3.40. The van der Waals surface area contributed by atoms with Crippen LogP contribution in [0.3, 0.4) is 0 Å². The number of ketones is 1. The molecule has 0 aromatic heterocycles. The summed E-state index contributed by atoms with van der Waals surface area (Å²) in [6.07, 6.45) is 1.71. The highest BCUT2D eigenvalue weighted by molar-refractivity contribution is 6.70. The zero-order valence-electron chi connectivity index (χ0n) is 14.1. The zero-order valence-corrected chi connectivity index (χ0v) is 15.8. The molecular weight excluding hydrogens is 352 g/mol. The SMILES string of the molecule is CC(C)Oc1ccc(Cc2ccccc2)cc1C(=O)/C=C(\Cl)C(=O)[Si]. The van der Waals surface area contributed by atoms with Gasteiger partial charge in [-0.3, -0.25) is 4.79 Å². The predicted molar refractivity (Wildman–Crippen MR) is 100 cm³/mol. The van der Waals surface area contributed by atoms with Gasteiger partial charge in [0.1, 0.15) is 21.4 Å². The lowest BCUT2D eigenvalue weighted by Gasteiger charge is -2.14. The van der Waals surface area contributed by atoms with Gasteiger partial charge in [-0.2, -0.15) is 0 Å². The highest BCUT2D eigenvalue weighted by atomic mass is 35.5. The number of halogens is 1. The molecule has 0 aliphatic heterocycles. The minimum Gasteiger partial charge on any atom is -0.490 e. The van der Waals surface area contributed by atoms with Crippen molar-refractivity contribution in [3.63, 3.8) is 0 Å². The molecule has 0 heterocycles. The molecule has 0 saturated heterocycles. The first-order chi connectivity index (χ1) is 11.9. The van der Waals surface area contributed by atoms with Gasteiger partial charge in [-0.05, 0) is 43.5 Å². The number of carbonyl (C=O) groups excluding carboxylic acids is 2. The molecule has 2 aromatic rings. The van der Waals surface area contributed by atoms with Crippen LogP contribution in [0.1, 0.15) is 35.3 Å². The van der Waals surface area contributed by atoms with E-state index >= 15 is 0 Å². The van der Waals surface area contributed by atoms with Crippen LogP contribution in [0.5, 0.6) is 5.75 Å². The summed E-state index contributed by atoms with van der Waals surface area (Å²) < 4.78 is 5.72. The molecule has 2 rings (SSSR count). The number of carbonyl (C=O) groups is 2. The summed E-state index contributed by atoms with van der Waals surface area (Å²) in [7, 11) is 2.79. The summed E-state index contributed by atoms with van der Waals surface area (Å²) in [4.78, 5) is 23.8. The second-order valence-corrected chi connectivity index (χ2v) is 6.71. The van der Waals surface area contributed by atoms with E-state index in [1.807, 2.05) is 50.2 Å². The van der Waals surface area contributed by atoms with Crippen LogP contribution in [-0.4, -0.2) is 27.5 Å². The molecule has 25 heavy (non-hydrogen) atoms. The predicted octanol–water partition coefficient (Wildman–Crippen LogP) is 4.07. The smallest absolute Gasteiger partial charge is 0.191 e. The Kier molecular flexibility index (Phi) is 6.73. The van der Waals surface area contributed by atoms with Gasteiger partial charge >= 0.3 is 0 Å². The lowest BCUT2D eigenvalue weighted by atomic mass is 10.00. The Morgan fingerprint density at radius 3 is 2.40 bits per heavy atom. The number of allylic oxidation sites excluding steroid dienone is 2. The van der Waals surface area contributed by atoms with Crippen molar-refractivity contribution in [1.82, 2.24) is 0 Å². The van der Waals surface area contributed by atoms with E-state index in [1.54, 1.807) is 12.1 Å². The average molecular weight is 370 g/mol. The number of hydrogen-bond donors (Lipinski definition) is 0. The van der Waals surface area contributed by atoms with E-state index in [1.165, 1.54) is 0 Å². The Morgan fingerprint density at radius 2 is 1.80 bits per heavy atom. The molecule has 0 unspecified atom stereocenters. The number of hydrogen-bond acceptors (Lipinski definition) is 3. The molecule has 0 fully saturated rings. The first-order valence-corrected chi connectivity index (χ1v) is 8.75. The van der Waals surface area contributed by atoms with E-state index in [0.717, 1.165) is 17.2 Å². The molecule has 0 N–H and O–H groups in total. The van der Waals surface area contributed by atoms with Crippen molar-refractivity contribution in [1.29, 1.82) is 0 Å². The van der Waals surface area contributed by atoms with Gasteiger partial charge in [0, 0.05) is 6.08 Å². The normalized spacial score (nSPS) is 11.5. The van der Waals surface area contributed by atoms with Crippen molar-refractivity contribution in [2.75, 3.05) is 0 Å². The lowest BCUT2D eigenvalue weighted by Crippen LogP contribution is -2.10. The van der Waals surface area contributed by atoms with E-state index in [2.05, 4.69) is 10.2 Å². The third-order valence-corrected chi connectivity index (χ3v) is 4.11. The molecule has 0 aliphatic carbocycles. The summed E-state index contributed by atoms with van der Waals surface area (Å²) in [6.45, 7) is 3.77. The van der Waals surface area contributed by atoms with Crippen molar-refractivity contribution >= 4 is 33.0 Å². The van der Waals surface area contributed by atoms with Gasteiger partial charge in [0.05, 0.1) is 16.7 Å². The molecule has 2 aromatic carbocycles. The molecule has 3 radical (unpaired) electrons. The zero-order chi connectivity index (χ0) is 18.4. The summed E-state index contributed by atoms with van der Waals surface area (Å²) >= 11 is 5.79. The van der Waals surface area contributed by atoms with Crippen LogP contribution in [0.2, 0.25) is 0 Å². The number of benzene rings is 2. The average Bonchev–Trinajstić information content (AvgIpc) is 2.56. The fourth-order valence-electron chi connectivity index (χ4n) is 2.33. The van der Waals surface area contributed by atoms with Crippen LogP contribution in [-0.2, 0) is 11.2 Å². The fourth-order valence-corrected chi connectivity index (χ4v) is 2.50. The van der Waals surface area contributed by atoms with Crippen molar-refractivity contribution in [3.05, 3.63) is 76.3 Å². The molecular formula is C20H18ClO3Si. The van der Waals surface area contributed by atoms with Gasteiger partial charge in [0.2, 0.25) is 0 Å². The monoisotopic (exact) mass is 369 g/mol. The van der Waals surface area contributed by atoms with E-state index in [4.69, 9.17) is 16.3 Å². The lowest BCUT2D eigenvalue weighted by molar-refractivity contribution is -0.108. The van der Waals surface area contributed by atoms with Crippen molar-refractivity contribution in [2.24, 2.45) is 0 Å². The van der Waals surface area contributed by atoms with Crippen LogP contribution in [0.4, 0.5) is 0 Å². The Bertz CT molecular complexity index is 798. The Hall–Kier alpha value is -2.17.